The molecule has 1 aliphatic rings. The number of imide groups is 1. The van der Waals surface area contributed by atoms with Crippen LogP contribution in [0.15, 0.2) is 30.6 Å². The van der Waals surface area contributed by atoms with Gasteiger partial charge in [-0.25, -0.2) is 9.48 Å². The number of urea groups is 1. The average Bonchev–Trinajstić information content (AvgIpc) is 3.16. The van der Waals surface area contributed by atoms with Crippen LogP contribution < -0.4 is 10.6 Å². The Kier molecular flexibility index (Phi) is 3.46. The molecule has 1 fully saturated rings. The first kappa shape index (κ1) is 13.0. The topological polar surface area (TPSA) is 105 Å². The number of anilines is 1. The van der Waals surface area contributed by atoms with Crippen LogP contribution in [0.5, 0.6) is 0 Å². The molecule has 108 valence electrons. The standard InChI is InChI=1S/C12H13N7O2/c20-11(18-6-5-13-12(18)21)7-14-9-1-3-10(4-2-9)19-8-15-16-17-19/h1-4,8,14H,5-7H2,(H,13,21). The number of aromatic nitrogens is 4. The summed E-state index contributed by atoms with van der Waals surface area (Å²) in [5, 5.41) is 16.5. The zero-order valence-electron chi connectivity index (χ0n) is 11.1. The highest BCUT2D eigenvalue weighted by molar-refractivity contribution is 5.97. The highest BCUT2D eigenvalue weighted by Crippen LogP contribution is 2.12. The molecular formula is C12H13N7O2. The Morgan fingerprint density at radius 1 is 1.33 bits per heavy atom. The highest BCUT2D eigenvalue weighted by Gasteiger charge is 2.25. The summed E-state index contributed by atoms with van der Waals surface area (Å²) in [6, 6.07) is 6.94. The quantitative estimate of drug-likeness (QED) is 0.794. The summed E-state index contributed by atoms with van der Waals surface area (Å²) in [4.78, 5) is 24.4. The third-order valence-corrected chi connectivity index (χ3v) is 3.08. The lowest BCUT2D eigenvalue weighted by Gasteiger charge is -2.13. The van der Waals surface area contributed by atoms with Crippen LogP contribution in [0.4, 0.5) is 10.5 Å². The van der Waals surface area contributed by atoms with Gasteiger partial charge in [0.25, 0.3) is 0 Å². The van der Waals surface area contributed by atoms with Crippen LogP contribution in [0.2, 0.25) is 0 Å². The molecule has 0 unspecified atom stereocenters. The Labute approximate surface area is 119 Å². The molecule has 2 aromatic rings. The number of hydrogen-bond donors (Lipinski definition) is 2. The second-order valence-corrected chi connectivity index (χ2v) is 4.43. The molecular weight excluding hydrogens is 274 g/mol. The molecule has 0 aliphatic carbocycles. The number of nitrogens with one attached hydrogen (secondary N) is 2. The first-order valence-electron chi connectivity index (χ1n) is 6.39. The Morgan fingerprint density at radius 2 is 2.14 bits per heavy atom. The molecule has 0 spiro atoms. The van der Waals surface area contributed by atoms with Crippen molar-refractivity contribution in [1.82, 2.24) is 30.4 Å². The second-order valence-electron chi connectivity index (χ2n) is 4.43. The number of hydrogen-bond acceptors (Lipinski definition) is 6. The minimum Gasteiger partial charge on any atom is -0.376 e. The number of nitrogens with zero attached hydrogens (tertiary/aromatic N) is 5. The summed E-state index contributed by atoms with van der Waals surface area (Å²) in [5.74, 6) is -0.255. The fourth-order valence-corrected chi connectivity index (χ4v) is 1.99. The molecule has 1 aromatic carbocycles. The van der Waals surface area contributed by atoms with Crippen molar-refractivity contribution in [2.45, 2.75) is 0 Å². The van der Waals surface area contributed by atoms with E-state index in [0.717, 1.165) is 11.4 Å². The molecule has 0 radical (unpaired) electrons. The molecule has 9 heteroatoms. The fourth-order valence-electron chi connectivity index (χ4n) is 1.99. The Balaban J connectivity index is 1.58. The zero-order chi connectivity index (χ0) is 14.7. The maximum absolute atomic E-state index is 11.9. The van der Waals surface area contributed by atoms with Crippen LogP contribution in [0.3, 0.4) is 0 Å². The predicted molar refractivity (Wildman–Crippen MR) is 72.8 cm³/mol. The van der Waals surface area contributed by atoms with E-state index in [9.17, 15) is 9.59 Å². The number of tetrazole rings is 1. The molecule has 3 rings (SSSR count). The molecule has 1 saturated heterocycles. The molecule has 0 bridgehead atoms. The van der Waals surface area contributed by atoms with Gasteiger partial charge in [0.1, 0.15) is 6.33 Å². The van der Waals surface area contributed by atoms with Crippen molar-refractivity contribution in [3.8, 4) is 5.69 Å². The van der Waals surface area contributed by atoms with Crippen LogP contribution in [-0.2, 0) is 4.79 Å². The molecule has 1 aromatic heterocycles. The minimum absolute atomic E-state index is 0.0671. The maximum atomic E-state index is 11.9. The van der Waals surface area contributed by atoms with Gasteiger partial charge in [-0.15, -0.1) is 5.10 Å². The Morgan fingerprint density at radius 3 is 2.76 bits per heavy atom. The van der Waals surface area contributed by atoms with E-state index in [1.165, 1.54) is 15.9 Å². The van der Waals surface area contributed by atoms with Crippen molar-refractivity contribution < 1.29 is 9.59 Å². The van der Waals surface area contributed by atoms with E-state index < -0.39 is 0 Å². The van der Waals surface area contributed by atoms with Crippen LogP contribution in [0.1, 0.15) is 0 Å². The lowest BCUT2D eigenvalue weighted by Crippen LogP contribution is -2.37. The molecule has 2 heterocycles. The normalized spacial score (nSPS) is 14.1. The maximum Gasteiger partial charge on any atom is 0.324 e. The summed E-state index contributed by atoms with van der Waals surface area (Å²) in [5.41, 5.74) is 1.59. The number of carbonyl (C=O) groups is 2. The van der Waals surface area contributed by atoms with Gasteiger partial charge in [0, 0.05) is 18.8 Å². The first-order chi connectivity index (χ1) is 10.2. The van der Waals surface area contributed by atoms with Crippen molar-refractivity contribution in [3.63, 3.8) is 0 Å². The third kappa shape index (κ3) is 2.81. The van der Waals surface area contributed by atoms with Gasteiger partial charge in [0.15, 0.2) is 0 Å². The van der Waals surface area contributed by atoms with E-state index in [4.69, 9.17) is 0 Å². The molecule has 1 aliphatic heterocycles. The summed E-state index contributed by atoms with van der Waals surface area (Å²) in [6.07, 6.45) is 1.50. The van der Waals surface area contributed by atoms with Crippen LogP contribution >= 0.6 is 0 Å². The Bertz CT molecular complexity index is 638. The van der Waals surface area contributed by atoms with Gasteiger partial charge < -0.3 is 10.6 Å². The number of rotatable bonds is 4. The van der Waals surface area contributed by atoms with Crippen LogP contribution in [0.25, 0.3) is 5.69 Å². The van der Waals surface area contributed by atoms with E-state index >= 15 is 0 Å². The molecule has 21 heavy (non-hydrogen) atoms. The smallest absolute Gasteiger partial charge is 0.324 e. The lowest BCUT2D eigenvalue weighted by molar-refractivity contribution is -0.125. The van der Waals surface area contributed by atoms with E-state index in [1.807, 2.05) is 24.3 Å². The van der Waals surface area contributed by atoms with E-state index in [1.54, 1.807) is 0 Å². The molecule has 9 nitrogen and oxygen atoms in total. The van der Waals surface area contributed by atoms with Crippen molar-refractivity contribution >= 4 is 17.6 Å². The van der Waals surface area contributed by atoms with E-state index in [2.05, 4.69) is 26.2 Å². The van der Waals surface area contributed by atoms with E-state index in [-0.39, 0.29) is 18.5 Å². The number of amides is 3. The van der Waals surface area contributed by atoms with Crippen molar-refractivity contribution in [2.24, 2.45) is 0 Å². The monoisotopic (exact) mass is 287 g/mol. The zero-order valence-corrected chi connectivity index (χ0v) is 11.1. The van der Waals surface area contributed by atoms with Gasteiger partial charge in [-0.1, -0.05) is 0 Å². The fraction of sp³-hybridized carbons (Fsp3) is 0.250. The Hall–Kier alpha value is -2.97. The van der Waals surface area contributed by atoms with Gasteiger partial charge >= 0.3 is 6.03 Å². The average molecular weight is 287 g/mol. The molecule has 3 amide bonds. The summed E-state index contributed by atoms with van der Waals surface area (Å²) >= 11 is 0. The summed E-state index contributed by atoms with van der Waals surface area (Å²) in [6.45, 7) is 0.987. The van der Waals surface area contributed by atoms with Crippen LogP contribution in [-0.4, -0.2) is 56.7 Å². The van der Waals surface area contributed by atoms with Gasteiger partial charge in [0.2, 0.25) is 5.91 Å². The molecule has 2 N–H and O–H groups in total. The summed E-state index contributed by atoms with van der Waals surface area (Å²) in [7, 11) is 0. The number of carbonyl (C=O) groups excluding carboxylic acids is 2. The highest BCUT2D eigenvalue weighted by atomic mass is 16.2. The largest absolute Gasteiger partial charge is 0.376 e. The minimum atomic E-state index is -0.337. The van der Waals surface area contributed by atoms with Gasteiger partial charge in [0.05, 0.1) is 12.2 Å². The van der Waals surface area contributed by atoms with Crippen LogP contribution in [0, 0.1) is 0 Å². The van der Waals surface area contributed by atoms with Crippen molar-refractivity contribution in [2.75, 3.05) is 25.0 Å². The lowest BCUT2D eigenvalue weighted by atomic mass is 10.3. The second kappa shape index (κ2) is 5.57. The SMILES string of the molecule is O=C(CNc1ccc(-n2cnnn2)cc1)N1CCNC1=O. The predicted octanol–water partition coefficient (Wildman–Crippen LogP) is -0.374. The van der Waals surface area contributed by atoms with Crippen molar-refractivity contribution in [1.29, 1.82) is 0 Å². The van der Waals surface area contributed by atoms with E-state index in [0.29, 0.717) is 13.1 Å². The third-order valence-electron chi connectivity index (χ3n) is 3.08. The summed E-state index contributed by atoms with van der Waals surface area (Å²) < 4.78 is 1.53. The van der Waals surface area contributed by atoms with Crippen molar-refractivity contribution in [3.05, 3.63) is 30.6 Å². The van der Waals surface area contributed by atoms with Gasteiger partial charge in [-0.2, -0.15) is 0 Å². The molecule has 0 atom stereocenters. The van der Waals surface area contributed by atoms with Gasteiger partial charge in [-0.3, -0.25) is 9.69 Å². The van der Waals surface area contributed by atoms with Gasteiger partial charge in [-0.05, 0) is 34.7 Å². The molecule has 0 saturated carbocycles. The number of benzene rings is 1. The first-order valence-corrected chi connectivity index (χ1v) is 6.39.